The van der Waals surface area contributed by atoms with Crippen LogP contribution in [0.2, 0.25) is 0 Å². The van der Waals surface area contributed by atoms with Crippen LogP contribution >= 0.6 is 0 Å². The molecule has 1 aliphatic heterocycles. The van der Waals surface area contributed by atoms with Crippen LogP contribution in [0.1, 0.15) is 18.0 Å². The second-order valence-corrected chi connectivity index (χ2v) is 6.57. The van der Waals surface area contributed by atoms with E-state index in [0.29, 0.717) is 22.9 Å². The molecule has 28 heavy (non-hydrogen) atoms. The molecule has 1 heterocycles. The van der Waals surface area contributed by atoms with Crippen molar-refractivity contribution in [1.29, 1.82) is 0 Å². The lowest BCUT2D eigenvalue weighted by molar-refractivity contribution is -0.127. The molecule has 1 fully saturated rings. The smallest absolute Gasteiger partial charge is 0.230 e. The molecule has 0 saturated carbocycles. The van der Waals surface area contributed by atoms with Gasteiger partial charge in [-0.25, -0.2) is 0 Å². The third-order valence-corrected chi connectivity index (χ3v) is 5.00. The van der Waals surface area contributed by atoms with Crippen LogP contribution in [-0.2, 0) is 9.59 Å². The molecule has 1 saturated heterocycles. The van der Waals surface area contributed by atoms with Crippen molar-refractivity contribution >= 4 is 17.5 Å². The molecule has 0 spiro atoms. The van der Waals surface area contributed by atoms with Crippen molar-refractivity contribution in [3.63, 3.8) is 0 Å². The van der Waals surface area contributed by atoms with E-state index in [1.165, 1.54) is 21.3 Å². The Kier molecular flexibility index (Phi) is 5.73. The van der Waals surface area contributed by atoms with Gasteiger partial charge in [-0.1, -0.05) is 30.3 Å². The van der Waals surface area contributed by atoms with Crippen molar-refractivity contribution in [3.8, 4) is 17.2 Å². The number of ether oxygens (including phenoxy) is 3. The number of amides is 2. The van der Waals surface area contributed by atoms with E-state index < -0.39 is 5.92 Å². The molecule has 0 radical (unpaired) electrons. The van der Waals surface area contributed by atoms with Gasteiger partial charge in [0.2, 0.25) is 17.6 Å². The number of methoxy groups -OCH3 is 3. The molecule has 2 aromatic carbocycles. The number of carbonyl (C=O) groups is 2. The number of carbonyl (C=O) groups excluding carboxylic acids is 2. The quantitative estimate of drug-likeness (QED) is 0.829. The number of rotatable bonds is 6. The van der Waals surface area contributed by atoms with Gasteiger partial charge in [-0.2, -0.15) is 0 Å². The number of likely N-dealkylation sites (tertiary alicyclic amines) is 1. The fraction of sp³-hybridized carbons (Fsp3) is 0.333. The summed E-state index contributed by atoms with van der Waals surface area (Å²) < 4.78 is 16.0. The Labute approximate surface area is 164 Å². The van der Waals surface area contributed by atoms with E-state index >= 15 is 0 Å². The maximum Gasteiger partial charge on any atom is 0.230 e. The second kappa shape index (κ2) is 8.21. The van der Waals surface area contributed by atoms with Gasteiger partial charge in [-0.15, -0.1) is 0 Å². The zero-order valence-electron chi connectivity index (χ0n) is 16.4. The van der Waals surface area contributed by atoms with Crippen LogP contribution in [0, 0.1) is 5.92 Å². The first kappa shape index (κ1) is 19.5. The van der Waals surface area contributed by atoms with Gasteiger partial charge in [-0.3, -0.25) is 9.59 Å². The molecule has 1 N–H and O–H groups in total. The largest absolute Gasteiger partial charge is 0.493 e. The number of hydrogen-bond acceptors (Lipinski definition) is 5. The molecule has 2 atom stereocenters. The highest BCUT2D eigenvalue weighted by molar-refractivity contribution is 5.98. The van der Waals surface area contributed by atoms with Crippen molar-refractivity contribution in [2.24, 2.45) is 5.92 Å². The van der Waals surface area contributed by atoms with Crippen molar-refractivity contribution in [2.75, 3.05) is 33.7 Å². The number of hydrogen-bond donors (Lipinski definition) is 1. The lowest BCUT2D eigenvalue weighted by Crippen LogP contribution is -2.30. The van der Waals surface area contributed by atoms with Crippen LogP contribution in [-0.4, -0.2) is 45.1 Å². The highest BCUT2D eigenvalue weighted by Crippen LogP contribution is 2.41. The van der Waals surface area contributed by atoms with E-state index in [9.17, 15) is 9.59 Å². The Bertz CT molecular complexity index is 843. The molecule has 0 bridgehead atoms. The maximum atomic E-state index is 13.0. The average molecular weight is 384 g/mol. The molecule has 2 aromatic rings. The normalized spacial score (nSPS) is 18.7. The zero-order chi connectivity index (χ0) is 20.3. The topological polar surface area (TPSA) is 77.1 Å². The SMILES string of the molecule is COc1cc(NC(=O)[C@H]2CC(=O)N(C)[C@H]2c2ccccc2)cc(OC)c1OC. The first-order valence-electron chi connectivity index (χ1n) is 8.91. The molecule has 2 amide bonds. The molecule has 7 nitrogen and oxygen atoms in total. The summed E-state index contributed by atoms with van der Waals surface area (Å²) in [5.41, 5.74) is 1.44. The van der Waals surface area contributed by atoms with Crippen molar-refractivity contribution < 1.29 is 23.8 Å². The minimum atomic E-state index is -0.501. The van der Waals surface area contributed by atoms with Crippen LogP contribution < -0.4 is 19.5 Å². The summed E-state index contributed by atoms with van der Waals surface area (Å²) in [4.78, 5) is 27.0. The summed E-state index contributed by atoms with van der Waals surface area (Å²) in [6.07, 6.45) is 0.159. The molecule has 0 unspecified atom stereocenters. The summed E-state index contributed by atoms with van der Waals surface area (Å²) in [7, 11) is 6.27. The standard InChI is InChI=1S/C21H24N2O5/c1-23-18(24)12-15(19(23)13-8-6-5-7-9-13)21(25)22-14-10-16(26-2)20(28-4)17(11-14)27-3/h5-11,15,19H,12H2,1-4H3,(H,22,25)/t15-,19-/m0/s1. The summed E-state index contributed by atoms with van der Waals surface area (Å²) in [5.74, 6) is 0.535. The van der Waals surface area contributed by atoms with Gasteiger partial charge in [0.15, 0.2) is 11.5 Å². The van der Waals surface area contributed by atoms with Crippen molar-refractivity contribution in [1.82, 2.24) is 4.90 Å². The predicted octanol–water partition coefficient (Wildman–Crippen LogP) is 2.87. The Morgan fingerprint density at radius 3 is 2.18 bits per heavy atom. The molecule has 1 aliphatic rings. The molecule has 148 valence electrons. The Hall–Kier alpha value is -3.22. The van der Waals surface area contributed by atoms with E-state index in [2.05, 4.69) is 5.32 Å². The first-order chi connectivity index (χ1) is 13.5. The third-order valence-electron chi connectivity index (χ3n) is 5.00. The lowest BCUT2D eigenvalue weighted by Gasteiger charge is -2.25. The van der Waals surface area contributed by atoms with E-state index in [-0.39, 0.29) is 24.3 Å². The number of nitrogens with zero attached hydrogens (tertiary/aromatic N) is 1. The first-order valence-corrected chi connectivity index (χ1v) is 8.91. The van der Waals surface area contributed by atoms with Crippen LogP contribution in [0.3, 0.4) is 0 Å². The summed E-state index contributed by atoms with van der Waals surface area (Å²) in [6, 6.07) is 12.6. The molecular formula is C21H24N2O5. The van der Waals surface area contributed by atoms with Gasteiger partial charge in [-0.05, 0) is 5.56 Å². The van der Waals surface area contributed by atoms with Crippen LogP contribution in [0.15, 0.2) is 42.5 Å². The van der Waals surface area contributed by atoms with E-state index in [0.717, 1.165) is 5.56 Å². The van der Waals surface area contributed by atoms with E-state index in [4.69, 9.17) is 14.2 Å². The Balaban J connectivity index is 1.89. The number of anilines is 1. The predicted molar refractivity (Wildman–Crippen MR) is 105 cm³/mol. The molecule has 0 aromatic heterocycles. The second-order valence-electron chi connectivity index (χ2n) is 6.57. The van der Waals surface area contributed by atoms with Crippen molar-refractivity contribution in [2.45, 2.75) is 12.5 Å². The molecular weight excluding hydrogens is 360 g/mol. The number of nitrogens with one attached hydrogen (secondary N) is 1. The van der Waals surface area contributed by atoms with Gasteiger partial charge in [0.1, 0.15) is 0 Å². The zero-order valence-corrected chi connectivity index (χ0v) is 16.4. The van der Waals surface area contributed by atoms with Crippen LogP contribution in [0.25, 0.3) is 0 Å². The molecule has 0 aliphatic carbocycles. The Morgan fingerprint density at radius 2 is 1.64 bits per heavy atom. The summed E-state index contributed by atoms with van der Waals surface area (Å²) >= 11 is 0. The highest BCUT2D eigenvalue weighted by atomic mass is 16.5. The van der Waals surface area contributed by atoms with Gasteiger partial charge in [0.05, 0.1) is 33.3 Å². The molecule has 3 rings (SSSR count). The monoisotopic (exact) mass is 384 g/mol. The fourth-order valence-electron chi connectivity index (χ4n) is 3.60. The Morgan fingerprint density at radius 1 is 1.04 bits per heavy atom. The minimum absolute atomic E-state index is 0.0566. The van der Waals surface area contributed by atoms with Gasteiger partial charge >= 0.3 is 0 Å². The summed E-state index contributed by atoms with van der Waals surface area (Å²) in [5, 5.41) is 2.89. The van der Waals surface area contributed by atoms with Gasteiger partial charge < -0.3 is 24.4 Å². The lowest BCUT2D eigenvalue weighted by atomic mass is 9.93. The van der Waals surface area contributed by atoms with Crippen LogP contribution in [0.5, 0.6) is 17.2 Å². The maximum absolute atomic E-state index is 13.0. The van der Waals surface area contributed by atoms with E-state index in [1.54, 1.807) is 24.1 Å². The average Bonchev–Trinajstić information content (AvgIpc) is 3.02. The fourth-order valence-corrected chi connectivity index (χ4v) is 3.60. The summed E-state index contributed by atoms with van der Waals surface area (Å²) in [6.45, 7) is 0. The van der Waals surface area contributed by atoms with Gasteiger partial charge in [0, 0.05) is 31.3 Å². The third kappa shape index (κ3) is 3.60. The highest BCUT2D eigenvalue weighted by Gasteiger charge is 2.42. The van der Waals surface area contributed by atoms with Gasteiger partial charge in [0.25, 0.3) is 0 Å². The van der Waals surface area contributed by atoms with Crippen molar-refractivity contribution in [3.05, 3.63) is 48.0 Å². The van der Waals surface area contributed by atoms with Crippen LogP contribution in [0.4, 0.5) is 5.69 Å². The minimum Gasteiger partial charge on any atom is -0.493 e. The number of benzene rings is 2. The molecule has 7 heteroatoms. The van der Waals surface area contributed by atoms with E-state index in [1.807, 2.05) is 30.3 Å².